The van der Waals surface area contributed by atoms with Crippen LogP contribution in [0.25, 0.3) is 0 Å². The Morgan fingerprint density at radius 2 is 1.49 bits per heavy atom. The minimum absolute atomic E-state index is 0.0729. The van der Waals surface area contributed by atoms with Crippen molar-refractivity contribution < 1.29 is 9.59 Å². The number of nitrogens with zero attached hydrogens (tertiary/aromatic N) is 6. The lowest BCUT2D eigenvalue weighted by molar-refractivity contribution is -0.118. The van der Waals surface area contributed by atoms with Crippen molar-refractivity contribution in [2.24, 2.45) is 5.92 Å². The van der Waals surface area contributed by atoms with E-state index in [4.69, 9.17) is 0 Å². The standard InChI is InChI=1S/C27H27N7O2S/c35-24(15-20-5-1-3-11-28-20)16-23-10-9-22(31-32-23)14-18-7-8-19(13-18)26-33-34-27(37-26)30-25(36)17-21-6-2-4-12-29-21/h1-6,9-12,18-19H,7-8,13-17H2,(H,30,34,36). The second-order valence-electron chi connectivity index (χ2n) is 9.30. The van der Waals surface area contributed by atoms with E-state index in [1.807, 2.05) is 48.5 Å². The maximum absolute atomic E-state index is 12.3. The van der Waals surface area contributed by atoms with Gasteiger partial charge in [-0.05, 0) is 68.0 Å². The van der Waals surface area contributed by atoms with Crippen molar-refractivity contribution in [3.63, 3.8) is 0 Å². The third kappa shape index (κ3) is 7.07. The molecule has 10 heteroatoms. The number of rotatable bonds is 10. The van der Waals surface area contributed by atoms with Crippen LogP contribution in [0.1, 0.15) is 53.0 Å². The van der Waals surface area contributed by atoms with Crippen molar-refractivity contribution in [3.8, 4) is 0 Å². The predicted molar refractivity (Wildman–Crippen MR) is 139 cm³/mol. The molecule has 0 saturated heterocycles. The predicted octanol–water partition coefficient (Wildman–Crippen LogP) is 3.78. The average molecular weight is 514 g/mol. The first-order valence-corrected chi connectivity index (χ1v) is 13.2. The first-order chi connectivity index (χ1) is 18.1. The van der Waals surface area contributed by atoms with E-state index in [2.05, 4.69) is 35.7 Å². The molecular weight excluding hydrogens is 486 g/mol. The number of hydrogen-bond acceptors (Lipinski definition) is 9. The molecule has 1 saturated carbocycles. The van der Waals surface area contributed by atoms with E-state index in [1.54, 1.807) is 12.4 Å². The Bertz CT molecular complexity index is 1330. The molecule has 9 nitrogen and oxygen atoms in total. The number of carbonyl (C=O) groups is 2. The highest BCUT2D eigenvalue weighted by molar-refractivity contribution is 7.15. The normalized spacial score (nSPS) is 17.0. The molecule has 0 aromatic carbocycles. The molecule has 4 aromatic heterocycles. The number of ketones is 1. The topological polar surface area (TPSA) is 124 Å². The molecule has 0 bridgehead atoms. The van der Waals surface area contributed by atoms with E-state index in [0.29, 0.717) is 29.1 Å². The van der Waals surface area contributed by atoms with Crippen molar-refractivity contribution in [2.75, 3.05) is 5.32 Å². The van der Waals surface area contributed by atoms with Crippen LogP contribution in [-0.2, 0) is 35.3 Å². The Kier molecular flexibility index (Phi) is 7.95. The summed E-state index contributed by atoms with van der Waals surface area (Å²) in [6.07, 6.45) is 8.10. The molecule has 4 heterocycles. The summed E-state index contributed by atoms with van der Waals surface area (Å²) in [6, 6.07) is 14.9. The van der Waals surface area contributed by atoms with Gasteiger partial charge in [0.05, 0.1) is 24.2 Å². The van der Waals surface area contributed by atoms with Gasteiger partial charge in [0.25, 0.3) is 0 Å². The second-order valence-corrected chi connectivity index (χ2v) is 10.3. The number of anilines is 1. The van der Waals surface area contributed by atoms with Gasteiger partial charge in [-0.25, -0.2) is 0 Å². The number of amides is 1. The highest BCUT2D eigenvalue weighted by Gasteiger charge is 2.29. The van der Waals surface area contributed by atoms with Gasteiger partial charge in [0.1, 0.15) is 10.8 Å². The van der Waals surface area contributed by atoms with E-state index >= 15 is 0 Å². The van der Waals surface area contributed by atoms with Gasteiger partial charge in [0.2, 0.25) is 11.0 Å². The van der Waals surface area contributed by atoms with Crippen molar-refractivity contribution in [2.45, 2.75) is 50.9 Å². The Hall–Kier alpha value is -3.92. The van der Waals surface area contributed by atoms with Crippen LogP contribution in [0.2, 0.25) is 0 Å². The molecule has 0 radical (unpaired) electrons. The lowest BCUT2D eigenvalue weighted by Crippen LogP contribution is -2.14. The summed E-state index contributed by atoms with van der Waals surface area (Å²) in [4.78, 5) is 33.0. The van der Waals surface area contributed by atoms with Gasteiger partial charge in [0.15, 0.2) is 0 Å². The Balaban J connectivity index is 1.08. The highest BCUT2D eigenvalue weighted by Crippen LogP contribution is 2.41. The zero-order valence-electron chi connectivity index (χ0n) is 20.3. The van der Waals surface area contributed by atoms with Gasteiger partial charge >= 0.3 is 0 Å². The summed E-state index contributed by atoms with van der Waals surface area (Å²) < 4.78 is 0. The minimum Gasteiger partial charge on any atom is -0.300 e. The molecule has 1 amide bonds. The van der Waals surface area contributed by atoms with Crippen LogP contribution in [0, 0.1) is 5.92 Å². The summed E-state index contributed by atoms with van der Waals surface area (Å²) >= 11 is 1.45. The van der Waals surface area contributed by atoms with Crippen LogP contribution in [0.5, 0.6) is 0 Å². The van der Waals surface area contributed by atoms with Crippen LogP contribution in [-0.4, -0.2) is 42.1 Å². The zero-order valence-corrected chi connectivity index (χ0v) is 21.1. The maximum atomic E-state index is 12.3. The highest BCUT2D eigenvalue weighted by atomic mass is 32.1. The molecule has 1 N–H and O–H groups in total. The Morgan fingerprint density at radius 3 is 2.19 bits per heavy atom. The molecule has 5 rings (SSSR count). The second kappa shape index (κ2) is 11.9. The fourth-order valence-electron chi connectivity index (χ4n) is 4.62. The molecule has 1 fully saturated rings. The SMILES string of the molecule is O=C(Cc1ccccn1)Cc1ccc(CC2CCC(c3nnc(NC(=O)Cc4ccccn4)s3)C2)nn1. The molecule has 37 heavy (non-hydrogen) atoms. The number of carbonyl (C=O) groups excluding carboxylic acids is 2. The molecule has 188 valence electrons. The summed E-state index contributed by atoms with van der Waals surface area (Å²) in [7, 11) is 0. The summed E-state index contributed by atoms with van der Waals surface area (Å²) in [6.45, 7) is 0. The monoisotopic (exact) mass is 513 g/mol. The number of aromatic nitrogens is 6. The van der Waals surface area contributed by atoms with E-state index in [-0.39, 0.29) is 24.5 Å². The van der Waals surface area contributed by atoms with Gasteiger partial charge in [-0.15, -0.1) is 10.2 Å². The Morgan fingerprint density at radius 1 is 0.784 bits per heavy atom. The van der Waals surface area contributed by atoms with E-state index in [0.717, 1.165) is 47.8 Å². The van der Waals surface area contributed by atoms with Gasteiger partial charge in [-0.2, -0.15) is 10.2 Å². The van der Waals surface area contributed by atoms with Crippen LogP contribution < -0.4 is 5.32 Å². The molecule has 1 aliphatic rings. The molecular formula is C27H27N7O2S. The number of Topliss-reactive ketones (excluding diaryl/α,β-unsaturated/α-hetero) is 1. The van der Waals surface area contributed by atoms with Crippen molar-refractivity contribution in [3.05, 3.63) is 88.7 Å². The minimum atomic E-state index is -0.147. The van der Waals surface area contributed by atoms with Crippen molar-refractivity contribution in [1.29, 1.82) is 0 Å². The Labute approximate surface area is 218 Å². The third-order valence-electron chi connectivity index (χ3n) is 6.40. The molecule has 0 spiro atoms. The fourth-order valence-corrected chi connectivity index (χ4v) is 5.53. The van der Waals surface area contributed by atoms with Crippen LogP contribution >= 0.6 is 11.3 Å². The average Bonchev–Trinajstić information content (AvgIpc) is 3.56. The summed E-state index contributed by atoms with van der Waals surface area (Å²) in [5.74, 6) is 0.748. The molecule has 2 unspecified atom stereocenters. The first-order valence-electron chi connectivity index (χ1n) is 12.4. The lowest BCUT2D eigenvalue weighted by Gasteiger charge is -2.09. The summed E-state index contributed by atoms with van der Waals surface area (Å²) in [5.41, 5.74) is 3.10. The quantitative estimate of drug-likeness (QED) is 0.340. The molecule has 0 aliphatic heterocycles. The summed E-state index contributed by atoms with van der Waals surface area (Å²) in [5, 5.41) is 21.5. The van der Waals surface area contributed by atoms with Crippen molar-refractivity contribution in [1.82, 2.24) is 30.4 Å². The zero-order chi connectivity index (χ0) is 25.5. The lowest BCUT2D eigenvalue weighted by atomic mass is 9.99. The maximum Gasteiger partial charge on any atom is 0.232 e. The number of pyridine rings is 2. The van der Waals surface area contributed by atoms with E-state index in [9.17, 15) is 9.59 Å². The first kappa shape index (κ1) is 24.8. The van der Waals surface area contributed by atoms with Gasteiger partial charge in [0, 0.05) is 36.1 Å². The van der Waals surface area contributed by atoms with Crippen LogP contribution in [0.3, 0.4) is 0 Å². The third-order valence-corrected chi connectivity index (χ3v) is 7.40. The van der Waals surface area contributed by atoms with Crippen LogP contribution in [0.4, 0.5) is 5.13 Å². The fraction of sp³-hybridized carbons (Fsp3) is 0.333. The van der Waals surface area contributed by atoms with E-state index in [1.165, 1.54) is 11.3 Å². The smallest absolute Gasteiger partial charge is 0.232 e. The molecule has 4 aromatic rings. The van der Waals surface area contributed by atoms with E-state index < -0.39 is 0 Å². The number of nitrogens with one attached hydrogen (secondary N) is 1. The van der Waals surface area contributed by atoms with Crippen LogP contribution in [0.15, 0.2) is 60.9 Å². The van der Waals surface area contributed by atoms with Gasteiger partial charge in [-0.1, -0.05) is 23.5 Å². The number of hydrogen-bond donors (Lipinski definition) is 1. The molecule has 2 atom stereocenters. The largest absolute Gasteiger partial charge is 0.300 e. The van der Waals surface area contributed by atoms with Gasteiger partial charge < -0.3 is 5.32 Å². The molecule has 1 aliphatic carbocycles. The van der Waals surface area contributed by atoms with Gasteiger partial charge in [-0.3, -0.25) is 19.6 Å². The van der Waals surface area contributed by atoms with Crippen molar-refractivity contribution >= 4 is 28.2 Å².